The van der Waals surface area contributed by atoms with Crippen molar-refractivity contribution in [1.29, 1.82) is 0 Å². The standard InChI is InChI=1S/C14H12BrF3N2/c15-13-11(7-4-8-19-13)20-12(9-14(16,17)18)10-5-2-1-3-6-10/h1-8,12,20H,9H2. The lowest BCUT2D eigenvalue weighted by Gasteiger charge is -2.22. The summed E-state index contributed by atoms with van der Waals surface area (Å²) in [7, 11) is 0. The molecule has 0 amide bonds. The first-order chi connectivity index (χ1) is 9.46. The van der Waals surface area contributed by atoms with E-state index in [9.17, 15) is 13.2 Å². The van der Waals surface area contributed by atoms with Gasteiger partial charge in [0.2, 0.25) is 0 Å². The quantitative estimate of drug-likeness (QED) is 0.793. The molecule has 0 saturated heterocycles. The molecule has 0 bridgehead atoms. The van der Waals surface area contributed by atoms with Gasteiger partial charge in [-0.1, -0.05) is 30.3 Å². The Balaban J connectivity index is 2.26. The number of alkyl halides is 3. The molecule has 1 atom stereocenters. The molecule has 1 aromatic heterocycles. The molecule has 2 nitrogen and oxygen atoms in total. The van der Waals surface area contributed by atoms with E-state index < -0.39 is 18.6 Å². The maximum atomic E-state index is 12.7. The average Bonchev–Trinajstić information content (AvgIpc) is 2.40. The van der Waals surface area contributed by atoms with Crippen molar-refractivity contribution in [2.24, 2.45) is 0 Å². The van der Waals surface area contributed by atoms with Crippen LogP contribution in [0.5, 0.6) is 0 Å². The first-order valence-corrected chi connectivity index (χ1v) is 6.74. The van der Waals surface area contributed by atoms with Crippen LogP contribution in [-0.4, -0.2) is 11.2 Å². The Bertz CT molecular complexity index is 558. The fourth-order valence-electron chi connectivity index (χ4n) is 1.85. The van der Waals surface area contributed by atoms with Gasteiger partial charge in [0, 0.05) is 6.20 Å². The second kappa shape index (κ2) is 6.26. The topological polar surface area (TPSA) is 24.9 Å². The Morgan fingerprint density at radius 2 is 1.80 bits per heavy atom. The van der Waals surface area contributed by atoms with Gasteiger partial charge in [-0.15, -0.1) is 0 Å². The van der Waals surface area contributed by atoms with E-state index in [-0.39, 0.29) is 0 Å². The summed E-state index contributed by atoms with van der Waals surface area (Å²) in [5.41, 5.74) is 1.12. The highest BCUT2D eigenvalue weighted by Crippen LogP contribution is 2.33. The molecule has 0 saturated carbocycles. The summed E-state index contributed by atoms with van der Waals surface area (Å²) >= 11 is 3.22. The summed E-state index contributed by atoms with van der Waals surface area (Å²) in [6.45, 7) is 0. The summed E-state index contributed by atoms with van der Waals surface area (Å²) in [5.74, 6) is 0. The van der Waals surface area contributed by atoms with E-state index in [2.05, 4.69) is 26.2 Å². The number of rotatable bonds is 4. The summed E-state index contributed by atoms with van der Waals surface area (Å²) in [6.07, 6.45) is -3.63. The third-order valence-corrected chi connectivity index (χ3v) is 3.36. The second-order valence-corrected chi connectivity index (χ2v) is 5.02. The first-order valence-electron chi connectivity index (χ1n) is 5.94. The van der Waals surface area contributed by atoms with Gasteiger partial charge in [0.1, 0.15) is 4.60 Å². The van der Waals surface area contributed by atoms with Crippen molar-refractivity contribution >= 4 is 21.6 Å². The van der Waals surface area contributed by atoms with E-state index in [1.807, 2.05) is 0 Å². The maximum absolute atomic E-state index is 12.7. The molecule has 20 heavy (non-hydrogen) atoms. The molecule has 1 heterocycles. The number of hydrogen-bond donors (Lipinski definition) is 1. The Labute approximate surface area is 123 Å². The lowest BCUT2D eigenvalue weighted by atomic mass is 10.0. The SMILES string of the molecule is FC(F)(F)CC(Nc1cccnc1Br)c1ccccc1. The van der Waals surface area contributed by atoms with Gasteiger partial charge in [-0.05, 0) is 33.6 Å². The molecule has 0 fully saturated rings. The minimum absolute atomic E-state index is 0.489. The number of nitrogens with one attached hydrogen (secondary N) is 1. The van der Waals surface area contributed by atoms with E-state index in [0.29, 0.717) is 15.9 Å². The summed E-state index contributed by atoms with van der Waals surface area (Å²) < 4.78 is 38.7. The minimum Gasteiger partial charge on any atom is -0.376 e. The third-order valence-electron chi connectivity index (χ3n) is 2.73. The smallest absolute Gasteiger partial charge is 0.376 e. The molecular weight excluding hydrogens is 333 g/mol. The molecule has 0 aliphatic heterocycles. The van der Waals surface area contributed by atoms with Gasteiger partial charge in [-0.3, -0.25) is 0 Å². The Morgan fingerprint density at radius 1 is 1.10 bits per heavy atom. The molecule has 2 rings (SSSR count). The van der Waals surface area contributed by atoms with Gasteiger partial charge in [0.05, 0.1) is 18.2 Å². The van der Waals surface area contributed by atoms with Crippen molar-refractivity contribution in [3.8, 4) is 0 Å². The lowest BCUT2D eigenvalue weighted by molar-refractivity contribution is -0.137. The van der Waals surface area contributed by atoms with Crippen LogP contribution in [0.15, 0.2) is 53.3 Å². The van der Waals surface area contributed by atoms with Crippen molar-refractivity contribution in [3.05, 3.63) is 58.8 Å². The van der Waals surface area contributed by atoms with Crippen LogP contribution in [0, 0.1) is 0 Å². The highest BCUT2D eigenvalue weighted by atomic mass is 79.9. The van der Waals surface area contributed by atoms with E-state index in [4.69, 9.17) is 0 Å². The molecular formula is C14H12BrF3N2. The number of anilines is 1. The van der Waals surface area contributed by atoms with Crippen LogP contribution in [0.1, 0.15) is 18.0 Å². The maximum Gasteiger partial charge on any atom is 0.391 e. The van der Waals surface area contributed by atoms with Gasteiger partial charge in [-0.25, -0.2) is 4.98 Å². The Hall–Kier alpha value is -1.56. The van der Waals surface area contributed by atoms with Gasteiger partial charge in [-0.2, -0.15) is 13.2 Å². The highest BCUT2D eigenvalue weighted by molar-refractivity contribution is 9.10. The summed E-state index contributed by atoms with van der Waals surface area (Å²) in [6, 6.07) is 11.1. The van der Waals surface area contributed by atoms with E-state index in [1.54, 1.807) is 48.7 Å². The molecule has 1 aromatic carbocycles. The summed E-state index contributed by atoms with van der Waals surface area (Å²) in [5, 5.41) is 2.89. The molecule has 106 valence electrons. The van der Waals surface area contributed by atoms with Gasteiger partial charge in [0.15, 0.2) is 0 Å². The molecule has 0 aliphatic carbocycles. The van der Waals surface area contributed by atoms with Gasteiger partial charge in [0.25, 0.3) is 0 Å². The van der Waals surface area contributed by atoms with Crippen LogP contribution in [0.25, 0.3) is 0 Å². The van der Waals surface area contributed by atoms with Crippen LogP contribution in [0.4, 0.5) is 18.9 Å². The zero-order chi connectivity index (χ0) is 14.6. The van der Waals surface area contributed by atoms with Crippen molar-refractivity contribution < 1.29 is 13.2 Å². The minimum atomic E-state index is -4.25. The number of hydrogen-bond acceptors (Lipinski definition) is 2. The highest BCUT2D eigenvalue weighted by Gasteiger charge is 2.32. The zero-order valence-electron chi connectivity index (χ0n) is 10.4. The van der Waals surface area contributed by atoms with Crippen LogP contribution < -0.4 is 5.32 Å². The normalized spacial score (nSPS) is 13.0. The molecule has 0 spiro atoms. The second-order valence-electron chi connectivity index (χ2n) is 4.27. The molecule has 1 unspecified atom stereocenters. The lowest BCUT2D eigenvalue weighted by Crippen LogP contribution is -2.20. The number of nitrogens with zero attached hydrogens (tertiary/aromatic N) is 1. The van der Waals surface area contributed by atoms with Gasteiger partial charge < -0.3 is 5.32 Å². The first kappa shape index (κ1) is 14.8. The van der Waals surface area contributed by atoms with Crippen molar-refractivity contribution in [1.82, 2.24) is 4.98 Å². The van der Waals surface area contributed by atoms with Gasteiger partial charge >= 0.3 is 6.18 Å². The molecule has 0 radical (unpaired) electrons. The van der Waals surface area contributed by atoms with Crippen LogP contribution in [-0.2, 0) is 0 Å². The Morgan fingerprint density at radius 3 is 2.40 bits per heavy atom. The molecule has 1 N–H and O–H groups in total. The van der Waals surface area contributed by atoms with E-state index in [1.165, 1.54) is 0 Å². The van der Waals surface area contributed by atoms with Crippen LogP contribution in [0.3, 0.4) is 0 Å². The number of pyridine rings is 1. The summed E-state index contributed by atoms with van der Waals surface area (Å²) in [4.78, 5) is 4.00. The molecule has 6 heteroatoms. The fraction of sp³-hybridized carbons (Fsp3) is 0.214. The van der Waals surface area contributed by atoms with Crippen LogP contribution in [0.2, 0.25) is 0 Å². The predicted molar refractivity (Wildman–Crippen MR) is 75.4 cm³/mol. The van der Waals surface area contributed by atoms with E-state index in [0.717, 1.165) is 0 Å². The largest absolute Gasteiger partial charge is 0.391 e. The van der Waals surface area contributed by atoms with Crippen LogP contribution >= 0.6 is 15.9 Å². The fourth-order valence-corrected chi connectivity index (χ4v) is 2.22. The van der Waals surface area contributed by atoms with E-state index >= 15 is 0 Å². The molecule has 0 aliphatic rings. The number of aromatic nitrogens is 1. The van der Waals surface area contributed by atoms with Crippen molar-refractivity contribution in [2.75, 3.05) is 5.32 Å². The average molecular weight is 345 g/mol. The van der Waals surface area contributed by atoms with Crippen molar-refractivity contribution in [3.63, 3.8) is 0 Å². The predicted octanol–water partition coefficient (Wildman–Crippen LogP) is 4.95. The van der Waals surface area contributed by atoms with Crippen molar-refractivity contribution in [2.45, 2.75) is 18.6 Å². The monoisotopic (exact) mass is 344 g/mol. The Kier molecular flexibility index (Phi) is 4.65. The molecule has 2 aromatic rings. The number of benzene rings is 1. The number of halogens is 4. The zero-order valence-corrected chi connectivity index (χ0v) is 11.9. The third kappa shape index (κ3) is 4.23.